The molecule has 1 aromatic rings. The molecule has 8 nitrogen and oxygen atoms in total. The van der Waals surface area contributed by atoms with Crippen molar-refractivity contribution in [1.82, 2.24) is 10.2 Å². The number of carbonyl (C=O) groups is 4. The lowest BCUT2D eigenvalue weighted by molar-refractivity contribution is -0.155. The average molecular weight is 418 g/mol. The molecular formula is C22H31N3O5. The van der Waals surface area contributed by atoms with Crippen LogP contribution in [0.1, 0.15) is 65.4 Å². The zero-order valence-electron chi connectivity index (χ0n) is 18.3. The van der Waals surface area contributed by atoms with Gasteiger partial charge >= 0.3 is 12.0 Å². The highest BCUT2D eigenvalue weighted by molar-refractivity contribution is 6.08. The Morgan fingerprint density at radius 3 is 2.33 bits per heavy atom. The molecule has 8 heteroatoms. The SMILES string of the molecule is CC[C@H](C)c1ccccc1NC(=O)[C@@H](C)OC(=O)CN1C(=O)NC(CC)(CC)C1=O. The Labute approximate surface area is 177 Å². The van der Waals surface area contributed by atoms with Crippen LogP contribution >= 0.6 is 0 Å². The van der Waals surface area contributed by atoms with Gasteiger partial charge in [-0.3, -0.25) is 19.3 Å². The Kier molecular flexibility index (Phi) is 7.59. The van der Waals surface area contributed by atoms with Gasteiger partial charge < -0.3 is 15.4 Å². The normalized spacial score (nSPS) is 17.3. The van der Waals surface area contributed by atoms with Crippen LogP contribution in [0.25, 0.3) is 0 Å². The number of hydrogen-bond donors (Lipinski definition) is 2. The first kappa shape index (κ1) is 23.4. The third kappa shape index (κ3) is 4.80. The smallest absolute Gasteiger partial charge is 0.327 e. The van der Waals surface area contributed by atoms with Crippen molar-refractivity contribution in [3.8, 4) is 0 Å². The van der Waals surface area contributed by atoms with E-state index >= 15 is 0 Å². The molecule has 4 amide bonds. The molecular weight excluding hydrogens is 386 g/mol. The molecule has 1 saturated heterocycles. The van der Waals surface area contributed by atoms with E-state index in [-0.39, 0.29) is 5.92 Å². The van der Waals surface area contributed by atoms with Crippen LogP contribution in [0.15, 0.2) is 24.3 Å². The van der Waals surface area contributed by atoms with E-state index in [2.05, 4.69) is 24.5 Å². The van der Waals surface area contributed by atoms with E-state index in [1.807, 2.05) is 18.2 Å². The molecule has 1 heterocycles. The number of benzene rings is 1. The molecule has 0 bridgehead atoms. The van der Waals surface area contributed by atoms with Crippen molar-refractivity contribution in [3.63, 3.8) is 0 Å². The van der Waals surface area contributed by atoms with Crippen LogP contribution in [0.3, 0.4) is 0 Å². The van der Waals surface area contributed by atoms with Crippen LogP contribution in [-0.2, 0) is 19.1 Å². The monoisotopic (exact) mass is 417 g/mol. The minimum absolute atomic E-state index is 0.261. The number of ether oxygens (including phenoxy) is 1. The predicted molar refractivity (Wildman–Crippen MR) is 113 cm³/mol. The summed E-state index contributed by atoms with van der Waals surface area (Å²) in [5.74, 6) is -1.49. The first-order chi connectivity index (χ1) is 14.2. The van der Waals surface area contributed by atoms with Gasteiger partial charge in [-0.2, -0.15) is 0 Å². The lowest BCUT2D eigenvalue weighted by atomic mass is 9.93. The molecule has 1 fully saturated rings. The lowest BCUT2D eigenvalue weighted by Gasteiger charge is -2.23. The Morgan fingerprint density at radius 2 is 1.77 bits per heavy atom. The summed E-state index contributed by atoms with van der Waals surface area (Å²) in [6.07, 6.45) is 0.688. The third-order valence-corrected chi connectivity index (χ3v) is 5.78. The molecule has 164 valence electrons. The molecule has 0 unspecified atom stereocenters. The Bertz CT molecular complexity index is 819. The van der Waals surface area contributed by atoms with Gasteiger partial charge in [-0.15, -0.1) is 0 Å². The largest absolute Gasteiger partial charge is 0.451 e. The summed E-state index contributed by atoms with van der Waals surface area (Å²) in [5.41, 5.74) is 0.686. The second-order valence-corrected chi connectivity index (χ2v) is 7.63. The summed E-state index contributed by atoms with van der Waals surface area (Å²) in [7, 11) is 0. The second kappa shape index (κ2) is 9.73. The van der Waals surface area contributed by atoms with Crippen LogP contribution in [0.2, 0.25) is 0 Å². The molecule has 0 saturated carbocycles. The molecule has 2 atom stereocenters. The lowest BCUT2D eigenvalue weighted by Crippen LogP contribution is -2.46. The average Bonchev–Trinajstić information content (AvgIpc) is 2.98. The molecule has 2 N–H and O–H groups in total. The molecule has 0 aliphatic carbocycles. The Balaban J connectivity index is 1.99. The summed E-state index contributed by atoms with van der Waals surface area (Å²) in [4.78, 5) is 50.4. The van der Waals surface area contributed by atoms with E-state index in [1.165, 1.54) is 6.92 Å². The van der Waals surface area contributed by atoms with Crippen molar-refractivity contribution in [2.24, 2.45) is 0 Å². The summed E-state index contributed by atoms with van der Waals surface area (Å²) >= 11 is 0. The Hall–Kier alpha value is -2.90. The van der Waals surface area contributed by atoms with Crippen molar-refractivity contribution in [1.29, 1.82) is 0 Å². The summed E-state index contributed by atoms with van der Waals surface area (Å²) < 4.78 is 5.18. The van der Waals surface area contributed by atoms with Crippen LogP contribution in [0.4, 0.5) is 10.5 Å². The Morgan fingerprint density at radius 1 is 1.13 bits per heavy atom. The number of rotatable bonds is 9. The minimum Gasteiger partial charge on any atom is -0.451 e. The summed E-state index contributed by atoms with van der Waals surface area (Å²) in [6, 6.07) is 6.86. The van der Waals surface area contributed by atoms with E-state index in [0.717, 1.165) is 16.9 Å². The van der Waals surface area contributed by atoms with E-state index in [0.29, 0.717) is 18.5 Å². The van der Waals surface area contributed by atoms with E-state index < -0.39 is 42.0 Å². The fourth-order valence-electron chi connectivity index (χ4n) is 3.46. The fraction of sp³-hybridized carbons (Fsp3) is 0.545. The first-order valence-electron chi connectivity index (χ1n) is 10.4. The van der Waals surface area contributed by atoms with Gasteiger partial charge in [0.1, 0.15) is 12.1 Å². The standard InChI is InChI=1S/C22H31N3O5/c1-6-14(4)16-11-9-10-12-17(16)23-19(27)15(5)30-18(26)13-25-20(28)22(7-2,8-3)24-21(25)29/h9-12,14-15H,6-8,13H2,1-5H3,(H,23,27)(H,24,29)/t14-,15+/m0/s1. The summed E-state index contributed by atoms with van der Waals surface area (Å²) in [5, 5.41) is 5.45. The molecule has 30 heavy (non-hydrogen) atoms. The maximum Gasteiger partial charge on any atom is 0.327 e. The maximum absolute atomic E-state index is 12.6. The quantitative estimate of drug-likeness (QED) is 0.474. The molecule has 1 aliphatic heterocycles. The number of imide groups is 1. The zero-order chi connectivity index (χ0) is 22.5. The number of para-hydroxylation sites is 1. The fourth-order valence-corrected chi connectivity index (χ4v) is 3.46. The van der Waals surface area contributed by atoms with Crippen LogP contribution in [0.5, 0.6) is 0 Å². The number of amides is 4. The van der Waals surface area contributed by atoms with Gasteiger partial charge in [-0.25, -0.2) is 4.79 Å². The minimum atomic E-state index is -1.08. The molecule has 0 aromatic heterocycles. The van der Waals surface area contributed by atoms with Crippen molar-refractivity contribution in [3.05, 3.63) is 29.8 Å². The van der Waals surface area contributed by atoms with E-state index in [9.17, 15) is 19.2 Å². The van der Waals surface area contributed by atoms with Gasteiger partial charge in [0, 0.05) is 5.69 Å². The van der Waals surface area contributed by atoms with Gasteiger partial charge in [-0.1, -0.05) is 45.9 Å². The van der Waals surface area contributed by atoms with Gasteiger partial charge in [0.15, 0.2) is 6.10 Å². The zero-order valence-corrected chi connectivity index (χ0v) is 18.3. The van der Waals surface area contributed by atoms with E-state index in [1.54, 1.807) is 19.9 Å². The van der Waals surface area contributed by atoms with Crippen LogP contribution < -0.4 is 10.6 Å². The number of nitrogens with one attached hydrogen (secondary N) is 2. The van der Waals surface area contributed by atoms with Gasteiger partial charge in [-0.05, 0) is 43.7 Å². The second-order valence-electron chi connectivity index (χ2n) is 7.63. The number of hydrogen-bond acceptors (Lipinski definition) is 5. The third-order valence-electron chi connectivity index (χ3n) is 5.78. The van der Waals surface area contributed by atoms with Crippen molar-refractivity contribution >= 4 is 29.5 Å². The van der Waals surface area contributed by atoms with Crippen LogP contribution in [-0.4, -0.2) is 46.9 Å². The number of carbonyl (C=O) groups excluding carboxylic acids is 4. The number of nitrogens with zero attached hydrogens (tertiary/aromatic N) is 1. The first-order valence-corrected chi connectivity index (χ1v) is 10.4. The number of anilines is 1. The molecule has 2 rings (SSSR count). The van der Waals surface area contributed by atoms with Crippen molar-refractivity contribution in [2.45, 2.75) is 71.4 Å². The molecule has 1 aromatic carbocycles. The van der Waals surface area contributed by atoms with Crippen molar-refractivity contribution in [2.75, 3.05) is 11.9 Å². The van der Waals surface area contributed by atoms with Gasteiger partial charge in [0.25, 0.3) is 11.8 Å². The topological polar surface area (TPSA) is 105 Å². The molecule has 1 aliphatic rings. The highest BCUT2D eigenvalue weighted by Crippen LogP contribution is 2.27. The highest BCUT2D eigenvalue weighted by atomic mass is 16.5. The van der Waals surface area contributed by atoms with E-state index in [4.69, 9.17) is 4.74 Å². The number of esters is 1. The highest BCUT2D eigenvalue weighted by Gasteiger charge is 2.49. The molecule has 0 spiro atoms. The maximum atomic E-state index is 12.6. The van der Waals surface area contributed by atoms with Gasteiger partial charge in [0.05, 0.1) is 0 Å². The number of urea groups is 1. The predicted octanol–water partition coefficient (Wildman–Crippen LogP) is 3.18. The molecule has 0 radical (unpaired) electrons. The van der Waals surface area contributed by atoms with Gasteiger partial charge in [0.2, 0.25) is 0 Å². The van der Waals surface area contributed by atoms with Crippen molar-refractivity contribution < 1.29 is 23.9 Å². The summed E-state index contributed by atoms with van der Waals surface area (Å²) in [6.45, 7) is 8.65. The van der Waals surface area contributed by atoms with Crippen LogP contribution in [0, 0.1) is 0 Å².